The summed E-state index contributed by atoms with van der Waals surface area (Å²) in [6.45, 7) is 2.12. The third kappa shape index (κ3) is 6.48. The van der Waals surface area contributed by atoms with E-state index in [2.05, 4.69) is 10.2 Å². The summed E-state index contributed by atoms with van der Waals surface area (Å²) in [5.74, 6) is -0.0677. The second kappa shape index (κ2) is 9.74. The monoisotopic (exact) mass is 398 g/mol. The maximum atomic E-state index is 12.8. The van der Waals surface area contributed by atoms with E-state index in [1.807, 2.05) is 0 Å². The largest absolute Gasteiger partial charge is 0.416 e. The van der Waals surface area contributed by atoms with Gasteiger partial charge >= 0.3 is 6.18 Å². The molecule has 7 heteroatoms. The number of amides is 1. The lowest BCUT2D eigenvalue weighted by atomic mass is 9.98. The van der Waals surface area contributed by atoms with Gasteiger partial charge in [-0.15, -0.1) is 0 Å². The van der Waals surface area contributed by atoms with Gasteiger partial charge in [0.25, 0.3) is 0 Å². The summed E-state index contributed by atoms with van der Waals surface area (Å²) in [5, 5.41) is 3.03. The van der Waals surface area contributed by atoms with Crippen LogP contribution >= 0.6 is 0 Å². The smallest absolute Gasteiger partial charge is 0.368 e. The van der Waals surface area contributed by atoms with E-state index < -0.39 is 11.7 Å². The number of rotatable bonds is 6. The van der Waals surface area contributed by atoms with Crippen molar-refractivity contribution in [1.29, 1.82) is 0 Å². The highest BCUT2D eigenvalue weighted by molar-refractivity contribution is 5.77. The van der Waals surface area contributed by atoms with Gasteiger partial charge in [0.2, 0.25) is 5.91 Å². The van der Waals surface area contributed by atoms with Crippen molar-refractivity contribution in [3.05, 3.63) is 35.4 Å². The Kier molecular flexibility index (Phi) is 7.35. The van der Waals surface area contributed by atoms with E-state index in [1.165, 1.54) is 31.4 Å². The van der Waals surface area contributed by atoms with Gasteiger partial charge < -0.3 is 10.1 Å². The van der Waals surface area contributed by atoms with E-state index in [-0.39, 0.29) is 24.7 Å². The molecule has 1 aromatic rings. The molecule has 1 aromatic carbocycles. The van der Waals surface area contributed by atoms with Crippen LogP contribution in [0.4, 0.5) is 13.2 Å². The standard InChI is InChI=1S/C21H29F3N2O2/c22-21(23,24)17-6-4-5-16(13-17)14-26-11-9-18(10-12-26)25-20(27)15-28-19-7-2-1-3-8-19/h4-6,13,18-19H,1-3,7-12,14-15H2,(H,25,27). The van der Waals surface area contributed by atoms with Crippen LogP contribution in [0.5, 0.6) is 0 Å². The fourth-order valence-electron chi connectivity index (χ4n) is 4.03. The zero-order valence-corrected chi connectivity index (χ0v) is 16.1. The average molecular weight is 398 g/mol. The molecule has 2 aliphatic rings. The summed E-state index contributed by atoms with van der Waals surface area (Å²) in [6.07, 6.45) is 3.20. The lowest BCUT2D eigenvalue weighted by molar-refractivity contribution is -0.137. The Balaban J connectivity index is 1.38. The van der Waals surface area contributed by atoms with Crippen molar-refractivity contribution in [3.8, 4) is 0 Å². The quantitative estimate of drug-likeness (QED) is 0.783. The lowest BCUT2D eigenvalue weighted by Crippen LogP contribution is -2.45. The number of alkyl halides is 3. The van der Waals surface area contributed by atoms with Crippen LogP contribution in [0.1, 0.15) is 56.1 Å². The molecule has 1 aliphatic carbocycles. The zero-order chi connectivity index (χ0) is 20.0. The topological polar surface area (TPSA) is 41.6 Å². The molecule has 0 aromatic heterocycles. The van der Waals surface area contributed by atoms with Gasteiger partial charge in [0.05, 0.1) is 11.7 Å². The first-order chi connectivity index (χ1) is 13.4. The second-order valence-corrected chi connectivity index (χ2v) is 7.89. The summed E-state index contributed by atoms with van der Waals surface area (Å²) in [5.41, 5.74) is 0.0586. The Hall–Kier alpha value is -1.60. The first-order valence-corrected chi connectivity index (χ1v) is 10.2. The van der Waals surface area contributed by atoms with Crippen LogP contribution in [-0.4, -0.2) is 42.6 Å². The second-order valence-electron chi connectivity index (χ2n) is 7.89. The Morgan fingerprint density at radius 2 is 1.82 bits per heavy atom. The van der Waals surface area contributed by atoms with Crippen molar-refractivity contribution < 1.29 is 22.7 Å². The molecule has 1 saturated heterocycles. The third-order valence-corrected chi connectivity index (χ3v) is 5.62. The summed E-state index contributed by atoms with van der Waals surface area (Å²) in [6, 6.07) is 5.61. The molecule has 1 amide bonds. The molecule has 1 aliphatic heterocycles. The Morgan fingerprint density at radius 1 is 1.11 bits per heavy atom. The predicted octanol–water partition coefficient (Wildman–Crippen LogP) is 4.14. The van der Waals surface area contributed by atoms with Crippen molar-refractivity contribution in [1.82, 2.24) is 10.2 Å². The van der Waals surface area contributed by atoms with Crippen molar-refractivity contribution in [2.45, 2.75) is 69.8 Å². The Bertz CT molecular complexity index is 637. The highest BCUT2D eigenvalue weighted by Crippen LogP contribution is 2.30. The lowest BCUT2D eigenvalue weighted by Gasteiger charge is -2.32. The molecule has 28 heavy (non-hydrogen) atoms. The van der Waals surface area contributed by atoms with Gasteiger partial charge in [-0.1, -0.05) is 37.5 Å². The Labute approximate surface area is 164 Å². The molecule has 1 heterocycles. The molecule has 1 saturated carbocycles. The first-order valence-electron chi connectivity index (χ1n) is 10.2. The van der Waals surface area contributed by atoms with Crippen LogP contribution in [0.2, 0.25) is 0 Å². The molecule has 3 rings (SSSR count). The molecule has 2 fully saturated rings. The van der Waals surface area contributed by atoms with Gasteiger partial charge in [-0.25, -0.2) is 0 Å². The number of nitrogens with one attached hydrogen (secondary N) is 1. The maximum absolute atomic E-state index is 12.8. The van der Waals surface area contributed by atoms with Gasteiger partial charge in [0.15, 0.2) is 0 Å². The molecule has 0 spiro atoms. The summed E-state index contributed by atoms with van der Waals surface area (Å²) in [7, 11) is 0. The normalized spacial score (nSPS) is 20.2. The van der Waals surface area contributed by atoms with E-state index in [9.17, 15) is 18.0 Å². The van der Waals surface area contributed by atoms with E-state index in [1.54, 1.807) is 6.07 Å². The van der Waals surface area contributed by atoms with Crippen LogP contribution in [0.25, 0.3) is 0 Å². The molecule has 1 N–H and O–H groups in total. The summed E-state index contributed by atoms with van der Waals surface area (Å²) in [4.78, 5) is 14.2. The number of likely N-dealkylation sites (tertiary alicyclic amines) is 1. The highest BCUT2D eigenvalue weighted by atomic mass is 19.4. The van der Waals surface area contributed by atoms with Gasteiger partial charge in [0, 0.05) is 25.7 Å². The van der Waals surface area contributed by atoms with E-state index in [0.29, 0.717) is 12.1 Å². The number of hydrogen-bond acceptors (Lipinski definition) is 3. The van der Waals surface area contributed by atoms with Crippen LogP contribution in [-0.2, 0) is 22.3 Å². The van der Waals surface area contributed by atoms with Gasteiger partial charge in [-0.3, -0.25) is 9.69 Å². The van der Waals surface area contributed by atoms with Crippen molar-refractivity contribution >= 4 is 5.91 Å². The Morgan fingerprint density at radius 3 is 2.50 bits per heavy atom. The number of halogens is 3. The van der Waals surface area contributed by atoms with Crippen LogP contribution in [0.3, 0.4) is 0 Å². The fraction of sp³-hybridized carbons (Fsp3) is 0.667. The molecule has 0 bridgehead atoms. The highest BCUT2D eigenvalue weighted by Gasteiger charge is 2.30. The predicted molar refractivity (Wildman–Crippen MR) is 101 cm³/mol. The van der Waals surface area contributed by atoms with E-state index in [4.69, 9.17) is 4.74 Å². The molecular weight excluding hydrogens is 369 g/mol. The summed E-state index contributed by atoms with van der Waals surface area (Å²) < 4.78 is 44.2. The molecular formula is C21H29F3N2O2. The minimum Gasteiger partial charge on any atom is -0.368 e. The molecule has 4 nitrogen and oxygen atoms in total. The number of nitrogens with zero attached hydrogens (tertiary/aromatic N) is 1. The summed E-state index contributed by atoms with van der Waals surface area (Å²) >= 11 is 0. The van der Waals surface area contributed by atoms with Crippen LogP contribution in [0.15, 0.2) is 24.3 Å². The maximum Gasteiger partial charge on any atom is 0.416 e. The van der Waals surface area contributed by atoms with Crippen molar-refractivity contribution in [2.75, 3.05) is 19.7 Å². The van der Waals surface area contributed by atoms with Crippen LogP contribution < -0.4 is 5.32 Å². The average Bonchev–Trinajstić information content (AvgIpc) is 2.68. The van der Waals surface area contributed by atoms with E-state index in [0.717, 1.165) is 44.8 Å². The molecule has 0 radical (unpaired) electrons. The molecule has 0 unspecified atom stereocenters. The number of hydrogen-bond donors (Lipinski definition) is 1. The minimum absolute atomic E-state index is 0.0677. The van der Waals surface area contributed by atoms with Crippen molar-refractivity contribution in [3.63, 3.8) is 0 Å². The van der Waals surface area contributed by atoms with Crippen LogP contribution in [0, 0.1) is 0 Å². The minimum atomic E-state index is -4.31. The zero-order valence-electron chi connectivity index (χ0n) is 16.1. The fourth-order valence-corrected chi connectivity index (χ4v) is 4.03. The number of benzene rings is 1. The van der Waals surface area contributed by atoms with Gasteiger partial charge in [0.1, 0.15) is 6.61 Å². The molecule has 156 valence electrons. The number of piperidine rings is 1. The van der Waals surface area contributed by atoms with Gasteiger partial charge in [-0.05, 0) is 37.3 Å². The first kappa shape index (κ1) is 21.1. The van der Waals surface area contributed by atoms with Crippen molar-refractivity contribution in [2.24, 2.45) is 0 Å². The third-order valence-electron chi connectivity index (χ3n) is 5.62. The number of ether oxygens (including phenoxy) is 1. The molecule has 0 atom stereocenters. The van der Waals surface area contributed by atoms with E-state index >= 15 is 0 Å². The number of carbonyl (C=O) groups excluding carboxylic acids is 1. The SMILES string of the molecule is O=C(COC1CCCCC1)NC1CCN(Cc2cccc(C(F)(F)F)c2)CC1. The number of carbonyl (C=O) groups is 1. The van der Waals surface area contributed by atoms with Gasteiger partial charge in [-0.2, -0.15) is 13.2 Å².